The minimum Gasteiger partial charge on any atom is -0.412 e. The molecule has 0 unspecified atom stereocenters. The first kappa shape index (κ1) is 21.3. The number of rotatable bonds is 1. The quantitative estimate of drug-likeness (QED) is 0.205. The van der Waals surface area contributed by atoms with Gasteiger partial charge in [0.2, 0.25) is 0 Å². The van der Waals surface area contributed by atoms with Crippen LogP contribution in [0.15, 0.2) is 47.9 Å². The Balaban J connectivity index is 0.00000220. The van der Waals surface area contributed by atoms with Crippen LogP contribution in [0.1, 0.15) is 0 Å². The third-order valence-corrected chi connectivity index (χ3v) is 12.0. The van der Waals surface area contributed by atoms with E-state index in [9.17, 15) is 0 Å². The fourth-order valence-corrected chi connectivity index (χ4v) is 6.52. The second-order valence-corrected chi connectivity index (χ2v) is 10.1. The highest BCUT2D eigenvalue weighted by atomic mass is 79.9. The molecular weight excluding hydrogens is 799 g/mol. The lowest BCUT2D eigenvalue weighted by molar-refractivity contribution is 0.824. The molecule has 0 saturated heterocycles. The maximum absolute atomic E-state index is 3.65. The van der Waals surface area contributed by atoms with Gasteiger partial charge in [-0.2, -0.15) is 0 Å². The third kappa shape index (κ3) is 4.08. The molecule has 0 spiro atoms. The highest BCUT2D eigenvalue weighted by Crippen LogP contribution is 2.51. The van der Waals surface area contributed by atoms with Crippen molar-refractivity contribution in [1.29, 1.82) is 0 Å². The number of hydrogen-bond donors (Lipinski definition) is 0. The molecule has 0 aliphatic carbocycles. The van der Waals surface area contributed by atoms with Gasteiger partial charge >= 0.3 is 0 Å². The molecule has 0 aliphatic heterocycles. The summed E-state index contributed by atoms with van der Waals surface area (Å²) in [6, 6.07) is 4.06. The zero-order valence-electron chi connectivity index (χ0n) is 9.68. The molecule has 2 N–H and O–H groups in total. The normalized spacial score (nSPS) is 10.5. The summed E-state index contributed by atoms with van der Waals surface area (Å²) < 4.78 is 7.74. The van der Waals surface area contributed by atoms with E-state index in [4.69, 9.17) is 0 Å². The predicted octanol–water partition coefficient (Wildman–Crippen LogP) is 8.63. The van der Waals surface area contributed by atoms with Crippen LogP contribution in [0.2, 0.25) is 0 Å². The maximum atomic E-state index is 3.65. The summed E-state index contributed by atoms with van der Waals surface area (Å²) in [5.41, 5.74) is 2.11. The van der Waals surface area contributed by atoms with Gasteiger partial charge in [-0.25, -0.2) is 0 Å². The molecule has 0 heterocycles. The average molecular weight is 803 g/mol. The molecule has 0 bridgehead atoms. The molecule has 9 heteroatoms. The summed E-state index contributed by atoms with van der Waals surface area (Å²) in [6.45, 7) is 0. The smallest absolute Gasteiger partial charge is 0.0482 e. The van der Waals surface area contributed by atoms with Crippen LogP contribution < -0.4 is 0 Å². The van der Waals surface area contributed by atoms with Gasteiger partial charge in [-0.15, -0.1) is 0 Å². The number of benzene rings is 2. The van der Waals surface area contributed by atoms with E-state index in [2.05, 4.69) is 134 Å². The van der Waals surface area contributed by atoms with Crippen LogP contribution in [0, 0.1) is 0 Å². The van der Waals surface area contributed by atoms with Crippen molar-refractivity contribution in [2.75, 3.05) is 0 Å². The van der Waals surface area contributed by atoms with Crippen molar-refractivity contribution in [3.05, 3.63) is 47.9 Å². The first-order valence-electron chi connectivity index (χ1n) is 4.92. The molecule has 0 amide bonds. The van der Waals surface area contributed by atoms with Gasteiger partial charge in [0, 0.05) is 41.3 Å². The molecule has 0 saturated carbocycles. The van der Waals surface area contributed by atoms with Gasteiger partial charge in [-0.3, -0.25) is 0 Å². The van der Waals surface area contributed by atoms with Crippen molar-refractivity contribution in [2.45, 2.75) is 0 Å². The molecule has 2 aromatic carbocycles. The second-order valence-electron chi connectivity index (χ2n) is 3.67. The predicted molar refractivity (Wildman–Crippen MR) is 117 cm³/mol. The Morgan fingerprint density at radius 3 is 1.38 bits per heavy atom. The zero-order valence-corrected chi connectivity index (χ0v) is 22.4. The first-order chi connectivity index (χ1) is 9.27. The molecule has 0 atom stereocenters. The molecular formula is C12H4Br8O. The summed E-state index contributed by atoms with van der Waals surface area (Å²) in [4.78, 5) is 0. The molecule has 0 radical (unpaired) electrons. The van der Waals surface area contributed by atoms with Gasteiger partial charge in [0.15, 0.2) is 0 Å². The van der Waals surface area contributed by atoms with Crippen LogP contribution >= 0.6 is 127 Å². The van der Waals surface area contributed by atoms with Crippen LogP contribution in [0.4, 0.5) is 0 Å². The van der Waals surface area contributed by atoms with Crippen molar-refractivity contribution in [1.82, 2.24) is 0 Å². The number of halogens is 8. The second kappa shape index (κ2) is 8.56. The van der Waals surface area contributed by atoms with Gasteiger partial charge in [0.1, 0.15) is 0 Å². The molecule has 114 valence electrons. The van der Waals surface area contributed by atoms with E-state index in [1.54, 1.807) is 0 Å². The lowest BCUT2D eigenvalue weighted by Gasteiger charge is -2.16. The summed E-state index contributed by atoms with van der Waals surface area (Å²) in [5, 5.41) is 0. The topological polar surface area (TPSA) is 31.5 Å². The van der Waals surface area contributed by atoms with Crippen molar-refractivity contribution < 1.29 is 5.48 Å². The molecule has 0 fully saturated rings. The molecule has 2 rings (SSSR count). The Hall–Kier alpha value is 2.24. The Morgan fingerprint density at radius 2 is 0.905 bits per heavy atom. The van der Waals surface area contributed by atoms with E-state index in [1.165, 1.54) is 0 Å². The zero-order chi connectivity index (χ0) is 15.2. The Kier molecular flexibility index (Phi) is 8.67. The van der Waals surface area contributed by atoms with Crippen molar-refractivity contribution in [2.24, 2.45) is 0 Å². The molecule has 1 nitrogen and oxygen atoms in total. The largest absolute Gasteiger partial charge is 0.412 e. The van der Waals surface area contributed by atoms with Crippen molar-refractivity contribution in [3.8, 4) is 11.1 Å². The van der Waals surface area contributed by atoms with Crippen LogP contribution in [-0.2, 0) is 0 Å². The average Bonchev–Trinajstić information content (AvgIpc) is 2.43. The molecule has 2 aromatic rings. The lowest BCUT2D eigenvalue weighted by atomic mass is 10.1. The minimum absolute atomic E-state index is 0. The summed E-state index contributed by atoms with van der Waals surface area (Å²) in [5.74, 6) is 0. The fourth-order valence-electron chi connectivity index (χ4n) is 1.56. The first-order valence-corrected chi connectivity index (χ1v) is 11.3. The molecule has 0 aliphatic rings. The minimum atomic E-state index is 0. The summed E-state index contributed by atoms with van der Waals surface area (Å²) in [7, 11) is 0. The van der Waals surface area contributed by atoms with Crippen LogP contribution in [0.3, 0.4) is 0 Å². The van der Waals surface area contributed by atoms with Gasteiger partial charge < -0.3 is 5.48 Å². The van der Waals surface area contributed by atoms with Crippen molar-refractivity contribution in [3.63, 3.8) is 0 Å². The maximum Gasteiger partial charge on any atom is 0.0482 e. The highest BCUT2D eigenvalue weighted by molar-refractivity contribution is 9.16. The molecule has 21 heavy (non-hydrogen) atoms. The standard InChI is InChI=1S/C12H2Br8.H2O/c13-4-2-1-3(6(14)7(4)15)5-8(16)10(18)12(20)11(19)9(5)17;/h1-2H;1H2. The van der Waals surface area contributed by atoms with E-state index in [-0.39, 0.29) is 5.48 Å². The fraction of sp³-hybridized carbons (Fsp3) is 0. The van der Waals surface area contributed by atoms with Gasteiger partial charge in [-0.1, -0.05) is 6.07 Å². The van der Waals surface area contributed by atoms with E-state index in [1.807, 2.05) is 6.07 Å². The van der Waals surface area contributed by atoms with Crippen LogP contribution in [-0.4, -0.2) is 5.48 Å². The lowest BCUT2D eigenvalue weighted by Crippen LogP contribution is -1.90. The number of hydrogen-bond acceptors (Lipinski definition) is 0. The third-order valence-electron chi connectivity index (χ3n) is 2.51. The van der Waals surface area contributed by atoms with Gasteiger partial charge in [0.05, 0.1) is 0 Å². The SMILES string of the molecule is Brc1ccc(-c2c(Br)c(Br)c(Br)c(Br)c2Br)c(Br)c1Br.O. The van der Waals surface area contributed by atoms with Crippen molar-refractivity contribution >= 4 is 127 Å². The van der Waals surface area contributed by atoms with E-state index >= 15 is 0 Å². The van der Waals surface area contributed by atoms with Crippen LogP contribution in [0.25, 0.3) is 11.1 Å². The molecule has 0 aromatic heterocycles. The van der Waals surface area contributed by atoms with E-state index in [0.29, 0.717) is 0 Å². The van der Waals surface area contributed by atoms with Gasteiger partial charge in [-0.05, 0) is 139 Å². The summed E-state index contributed by atoms with van der Waals surface area (Å²) in [6.07, 6.45) is 0. The summed E-state index contributed by atoms with van der Waals surface area (Å²) >= 11 is 28.8. The van der Waals surface area contributed by atoms with Crippen LogP contribution in [0.5, 0.6) is 0 Å². The Morgan fingerprint density at radius 1 is 0.476 bits per heavy atom. The monoisotopic (exact) mass is 795 g/mol. The highest BCUT2D eigenvalue weighted by Gasteiger charge is 2.21. The van der Waals surface area contributed by atoms with Gasteiger partial charge in [0.25, 0.3) is 0 Å². The Bertz CT molecular complexity index is 684. The van der Waals surface area contributed by atoms with E-state index < -0.39 is 0 Å². The van der Waals surface area contributed by atoms with E-state index in [0.717, 1.165) is 46.9 Å². The Labute approximate surface area is 189 Å².